The summed E-state index contributed by atoms with van der Waals surface area (Å²) in [7, 11) is 3.14. The molecule has 0 radical (unpaired) electrons. The summed E-state index contributed by atoms with van der Waals surface area (Å²) in [5.41, 5.74) is 6.41. The lowest BCUT2D eigenvalue weighted by Gasteiger charge is -2.21. The maximum absolute atomic E-state index is 12.0. The highest BCUT2D eigenvalue weighted by Gasteiger charge is 2.26. The van der Waals surface area contributed by atoms with Gasteiger partial charge in [-0.15, -0.1) is 0 Å². The van der Waals surface area contributed by atoms with Gasteiger partial charge >= 0.3 is 5.97 Å². The van der Waals surface area contributed by atoms with E-state index in [-0.39, 0.29) is 6.61 Å². The molecule has 0 heterocycles. The average molecular weight is 280 g/mol. The van der Waals surface area contributed by atoms with E-state index in [4.69, 9.17) is 15.2 Å². The molecule has 0 saturated carbocycles. The predicted molar refractivity (Wildman–Crippen MR) is 74.1 cm³/mol. The van der Waals surface area contributed by atoms with Gasteiger partial charge in [0.25, 0.3) is 5.91 Å². The summed E-state index contributed by atoms with van der Waals surface area (Å²) in [5.74, 6) is -0.532. The van der Waals surface area contributed by atoms with Crippen molar-refractivity contribution in [2.24, 2.45) is 5.73 Å². The van der Waals surface area contributed by atoms with Gasteiger partial charge in [0.15, 0.2) is 6.04 Å². The quantitative estimate of drug-likeness (QED) is 0.607. The van der Waals surface area contributed by atoms with E-state index in [1.165, 1.54) is 4.90 Å². The van der Waals surface area contributed by atoms with Gasteiger partial charge in [0.05, 0.1) is 13.7 Å². The number of rotatable bonds is 6. The molecule has 6 nitrogen and oxygen atoms in total. The van der Waals surface area contributed by atoms with E-state index in [1.54, 1.807) is 27.1 Å². The largest absolute Gasteiger partial charge is 0.496 e. The molecule has 6 heteroatoms. The number of nitrogens with two attached hydrogens (primary N) is 1. The average Bonchev–Trinajstić information content (AvgIpc) is 2.46. The Morgan fingerprint density at radius 2 is 2.00 bits per heavy atom. The number of para-hydroxylation sites is 1. The second-order valence-corrected chi connectivity index (χ2v) is 4.24. The Hall–Kier alpha value is -2.08. The first-order valence-electron chi connectivity index (χ1n) is 6.30. The molecule has 1 rings (SSSR count). The van der Waals surface area contributed by atoms with Crippen LogP contribution >= 0.6 is 0 Å². The van der Waals surface area contributed by atoms with Crippen LogP contribution in [0.4, 0.5) is 0 Å². The van der Waals surface area contributed by atoms with Crippen molar-refractivity contribution < 1.29 is 19.1 Å². The molecule has 0 saturated heterocycles. The molecular weight excluding hydrogens is 260 g/mol. The van der Waals surface area contributed by atoms with Crippen LogP contribution in [0.3, 0.4) is 0 Å². The maximum atomic E-state index is 12.0. The first-order valence-corrected chi connectivity index (χ1v) is 6.30. The number of methoxy groups -OCH3 is 1. The van der Waals surface area contributed by atoms with Crippen molar-refractivity contribution in [3.63, 3.8) is 0 Å². The van der Waals surface area contributed by atoms with Gasteiger partial charge in [-0.2, -0.15) is 0 Å². The Kier molecular flexibility index (Phi) is 5.99. The van der Waals surface area contributed by atoms with E-state index in [2.05, 4.69) is 0 Å². The molecule has 0 bridgehead atoms. The lowest BCUT2D eigenvalue weighted by Crippen LogP contribution is -2.47. The minimum atomic E-state index is -1.30. The molecule has 1 unspecified atom stereocenters. The van der Waals surface area contributed by atoms with E-state index < -0.39 is 17.9 Å². The van der Waals surface area contributed by atoms with Gasteiger partial charge in [0.1, 0.15) is 5.75 Å². The first-order chi connectivity index (χ1) is 9.51. The second kappa shape index (κ2) is 7.49. The highest BCUT2D eigenvalue weighted by atomic mass is 16.5. The van der Waals surface area contributed by atoms with Gasteiger partial charge in [0.2, 0.25) is 0 Å². The molecule has 1 amide bonds. The Bertz CT molecular complexity index is 476. The van der Waals surface area contributed by atoms with E-state index in [0.29, 0.717) is 12.3 Å². The zero-order valence-corrected chi connectivity index (χ0v) is 12.0. The van der Waals surface area contributed by atoms with Crippen LogP contribution < -0.4 is 10.5 Å². The SMILES string of the molecule is CCOC(=O)C(N)C(=O)N(C)Cc1ccccc1OC. The smallest absolute Gasteiger partial charge is 0.332 e. The molecule has 110 valence electrons. The minimum absolute atomic E-state index is 0.191. The van der Waals surface area contributed by atoms with Gasteiger partial charge in [-0.3, -0.25) is 4.79 Å². The lowest BCUT2D eigenvalue weighted by atomic mass is 10.1. The van der Waals surface area contributed by atoms with Crippen molar-refractivity contribution in [1.82, 2.24) is 4.90 Å². The van der Waals surface area contributed by atoms with Crippen LogP contribution in [0.25, 0.3) is 0 Å². The number of ether oxygens (including phenoxy) is 2. The van der Waals surface area contributed by atoms with Crippen LogP contribution in [0.1, 0.15) is 12.5 Å². The number of benzene rings is 1. The molecule has 2 N–H and O–H groups in total. The summed E-state index contributed by atoms with van der Waals surface area (Å²) in [6.07, 6.45) is 0. The van der Waals surface area contributed by atoms with E-state index in [0.717, 1.165) is 5.56 Å². The van der Waals surface area contributed by atoms with Crippen molar-refractivity contribution in [2.45, 2.75) is 19.5 Å². The number of hydrogen-bond acceptors (Lipinski definition) is 5. The summed E-state index contributed by atoms with van der Waals surface area (Å²) < 4.78 is 9.95. The van der Waals surface area contributed by atoms with Crippen molar-refractivity contribution >= 4 is 11.9 Å². The highest BCUT2D eigenvalue weighted by molar-refractivity contribution is 6.01. The van der Waals surface area contributed by atoms with Crippen molar-refractivity contribution in [3.8, 4) is 5.75 Å². The van der Waals surface area contributed by atoms with E-state index >= 15 is 0 Å². The fraction of sp³-hybridized carbons (Fsp3) is 0.429. The number of hydrogen-bond donors (Lipinski definition) is 1. The molecule has 0 aliphatic heterocycles. The summed E-state index contributed by atoms with van der Waals surface area (Å²) in [4.78, 5) is 24.8. The molecule has 1 aromatic rings. The van der Waals surface area contributed by atoms with E-state index in [1.807, 2.05) is 18.2 Å². The maximum Gasteiger partial charge on any atom is 0.332 e. The van der Waals surface area contributed by atoms with Crippen LogP contribution in [0.15, 0.2) is 24.3 Å². The Morgan fingerprint density at radius 1 is 1.35 bits per heavy atom. The van der Waals surface area contributed by atoms with Gasteiger partial charge in [0, 0.05) is 19.2 Å². The van der Waals surface area contributed by atoms with Crippen molar-refractivity contribution in [3.05, 3.63) is 29.8 Å². The van der Waals surface area contributed by atoms with Crippen LogP contribution in [0.2, 0.25) is 0 Å². The van der Waals surface area contributed by atoms with Gasteiger partial charge < -0.3 is 20.1 Å². The zero-order chi connectivity index (χ0) is 15.1. The number of amides is 1. The highest BCUT2D eigenvalue weighted by Crippen LogP contribution is 2.18. The molecular formula is C14H20N2O4. The molecule has 1 aromatic carbocycles. The molecule has 0 aliphatic rings. The summed E-state index contributed by atoms with van der Waals surface area (Å²) in [5, 5.41) is 0. The van der Waals surface area contributed by atoms with Crippen molar-refractivity contribution in [1.29, 1.82) is 0 Å². The standard InChI is InChI=1S/C14H20N2O4/c1-4-20-14(18)12(15)13(17)16(2)9-10-7-5-6-8-11(10)19-3/h5-8,12H,4,9,15H2,1-3H3. The number of likely N-dealkylation sites (N-methyl/N-ethyl adjacent to an activating group) is 1. The molecule has 0 aromatic heterocycles. The van der Waals surface area contributed by atoms with Gasteiger partial charge in [-0.05, 0) is 13.0 Å². The minimum Gasteiger partial charge on any atom is -0.496 e. The lowest BCUT2D eigenvalue weighted by molar-refractivity contribution is -0.150. The summed E-state index contributed by atoms with van der Waals surface area (Å²) >= 11 is 0. The normalized spacial score (nSPS) is 11.6. The number of carbonyl (C=O) groups excluding carboxylic acids is 2. The summed E-state index contributed by atoms with van der Waals surface area (Å²) in [6.45, 7) is 2.15. The monoisotopic (exact) mass is 280 g/mol. The van der Waals surface area contributed by atoms with Crippen LogP contribution in [-0.4, -0.2) is 43.6 Å². The topological polar surface area (TPSA) is 81.9 Å². The zero-order valence-electron chi connectivity index (χ0n) is 12.0. The van der Waals surface area contributed by atoms with Crippen LogP contribution in [0, 0.1) is 0 Å². The molecule has 1 atom stereocenters. The fourth-order valence-electron chi connectivity index (χ4n) is 1.74. The molecule has 0 aliphatic carbocycles. The molecule has 0 spiro atoms. The fourth-order valence-corrected chi connectivity index (χ4v) is 1.74. The predicted octanol–water partition coefficient (Wildman–Crippen LogP) is 0.544. The Morgan fingerprint density at radius 3 is 2.60 bits per heavy atom. The third-order valence-corrected chi connectivity index (χ3v) is 2.78. The summed E-state index contributed by atoms with van der Waals surface area (Å²) in [6, 6.07) is 6.04. The first kappa shape index (κ1) is 16.0. The third kappa shape index (κ3) is 3.96. The van der Waals surface area contributed by atoms with Crippen LogP contribution in [-0.2, 0) is 20.9 Å². The number of carbonyl (C=O) groups is 2. The molecule has 20 heavy (non-hydrogen) atoms. The molecule has 0 fully saturated rings. The van der Waals surface area contributed by atoms with E-state index in [9.17, 15) is 9.59 Å². The van der Waals surface area contributed by atoms with Crippen LogP contribution in [0.5, 0.6) is 5.75 Å². The van der Waals surface area contributed by atoms with Gasteiger partial charge in [-0.1, -0.05) is 18.2 Å². The Labute approximate surface area is 118 Å². The second-order valence-electron chi connectivity index (χ2n) is 4.24. The number of esters is 1. The van der Waals surface area contributed by atoms with Crippen molar-refractivity contribution in [2.75, 3.05) is 20.8 Å². The Balaban J connectivity index is 2.72. The third-order valence-electron chi connectivity index (χ3n) is 2.78. The number of nitrogens with zero attached hydrogens (tertiary/aromatic N) is 1. The van der Waals surface area contributed by atoms with Gasteiger partial charge in [-0.25, -0.2) is 4.79 Å².